The number of hydrogen-bond donors (Lipinski definition) is 1. The Hall–Kier alpha value is -3.06. The van der Waals surface area contributed by atoms with Crippen molar-refractivity contribution in [1.82, 2.24) is 15.1 Å². The van der Waals surface area contributed by atoms with E-state index in [4.69, 9.17) is 9.47 Å². The van der Waals surface area contributed by atoms with Crippen LogP contribution in [0.2, 0.25) is 0 Å². The molecule has 0 bridgehead atoms. The maximum atomic E-state index is 12.8. The fourth-order valence-corrected chi connectivity index (χ4v) is 3.37. The molecule has 0 atom stereocenters. The number of ether oxygens (including phenoxy) is 2. The van der Waals surface area contributed by atoms with E-state index in [1.807, 2.05) is 62.4 Å². The summed E-state index contributed by atoms with van der Waals surface area (Å²) in [7, 11) is 5.01. The standard InChI is InChI=1S/C24H33N3O4/c1-6-27(7-2)23(29)17-26(3)16-22(28)25-24(18-8-12-20(30-4)13-9-18)19-10-14-21(31-5)15-11-19/h8-15,24H,6-7,16-17H2,1-5H3,(H,25,28). The minimum Gasteiger partial charge on any atom is -0.497 e. The van der Waals surface area contributed by atoms with Crippen LogP contribution in [0.5, 0.6) is 11.5 Å². The SMILES string of the molecule is CCN(CC)C(=O)CN(C)CC(=O)NC(c1ccc(OC)cc1)c1ccc(OC)cc1. The molecular formula is C24H33N3O4. The number of rotatable bonds is 11. The van der Waals surface area contributed by atoms with Crippen molar-refractivity contribution in [2.45, 2.75) is 19.9 Å². The van der Waals surface area contributed by atoms with Gasteiger partial charge in [0.05, 0.1) is 33.4 Å². The van der Waals surface area contributed by atoms with Crippen molar-refractivity contribution in [2.24, 2.45) is 0 Å². The van der Waals surface area contributed by atoms with Crippen LogP contribution in [-0.4, -0.2) is 69.1 Å². The van der Waals surface area contributed by atoms with Gasteiger partial charge in [-0.1, -0.05) is 24.3 Å². The van der Waals surface area contributed by atoms with E-state index in [9.17, 15) is 9.59 Å². The van der Waals surface area contributed by atoms with E-state index in [1.165, 1.54) is 0 Å². The molecule has 0 aliphatic rings. The van der Waals surface area contributed by atoms with Gasteiger partial charge in [0, 0.05) is 13.1 Å². The summed E-state index contributed by atoms with van der Waals surface area (Å²) in [5.41, 5.74) is 1.86. The largest absolute Gasteiger partial charge is 0.497 e. The molecule has 0 spiro atoms. The van der Waals surface area contributed by atoms with Crippen molar-refractivity contribution < 1.29 is 19.1 Å². The van der Waals surface area contributed by atoms with Gasteiger partial charge in [-0.05, 0) is 56.3 Å². The zero-order chi connectivity index (χ0) is 22.8. The number of hydrogen-bond acceptors (Lipinski definition) is 5. The Kier molecular flexibility index (Phi) is 9.34. The monoisotopic (exact) mass is 427 g/mol. The molecule has 7 nitrogen and oxygen atoms in total. The molecule has 2 aromatic rings. The first-order valence-electron chi connectivity index (χ1n) is 10.4. The summed E-state index contributed by atoms with van der Waals surface area (Å²) in [4.78, 5) is 28.6. The number of nitrogens with one attached hydrogen (secondary N) is 1. The van der Waals surface area contributed by atoms with Gasteiger partial charge in [0.25, 0.3) is 0 Å². The molecule has 0 aliphatic carbocycles. The molecule has 2 amide bonds. The first-order valence-corrected chi connectivity index (χ1v) is 10.4. The fraction of sp³-hybridized carbons (Fsp3) is 0.417. The lowest BCUT2D eigenvalue weighted by molar-refractivity contribution is -0.132. The van der Waals surface area contributed by atoms with Gasteiger partial charge in [0.1, 0.15) is 11.5 Å². The van der Waals surface area contributed by atoms with Gasteiger partial charge in [-0.15, -0.1) is 0 Å². The van der Waals surface area contributed by atoms with E-state index in [0.29, 0.717) is 13.1 Å². The van der Waals surface area contributed by atoms with Gasteiger partial charge < -0.3 is 19.7 Å². The van der Waals surface area contributed by atoms with Crippen LogP contribution < -0.4 is 14.8 Å². The highest BCUT2D eigenvalue weighted by Gasteiger charge is 2.20. The molecule has 168 valence electrons. The molecule has 2 aromatic carbocycles. The lowest BCUT2D eigenvalue weighted by Crippen LogP contribution is -2.43. The summed E-state index contributed by atoms with van der Waals surface area (Å²) in [6.07, 6.45) is 0. The van der Waals surface area contributed by atoms with Crippen LogP contribution in [0.4, 0.5) is 0 Å². The van der Waals surface area contributed by atoms with Crippen molar-refractivity contribution in [3.05, 3.63) is 59.7 Å². The second kappa shape index (κ2) is 12.0. The third-order valence-corrected chi connectivity index (χ3v) is 5.14. The molecule has 7 heteroatoms. The van der Waals surface area contributed by atoms with Gasteiger partial charge in [0.15, 0.2) is 0 Å². The molecule has 0 saturated carbocycles. The number of carbonyl (C=O) groups excluding carboxylic acids is 2. The number of likely N-dealkylation sites (N-methyl/N-ethyl adjacent to an activating group) is 2. The molecule has 0 unspecified atom stereocenters. The second-order valence-corrected chi connectivity index (χ2v) is 7.29. The number of benzene rings is 2. The zero-order valence-electron chi connectivity index (χ0n) is 19.1. The Morgan fingerprint density at radius 3 is 1.68 bits per heavy atom. The average molecular weight is 428 g/mol. The van der Waals surface area contributed by atoms with Gasteiger partial charge in [-0.2, -0.15) is 0 Å². The lowest BCUT2D eigenvalue weighted by atomic mass is 9.98. The first-order chi connectivity index (χ1) is 14.9. The second-order valence-electron chi connectivity index (χ2n) is 7.29. The van der Waals surface area contributed by atoms with Crippen LogP contribution in [0, 0.1) is 0 Å². The first kappa shape index (κ1) is 24.2. The molecular weight excluding hydrogens is 394 g/mol. The minimum atomic E-state index is -0.337. The zero-order valence-corrected chi connectivity index (χ0v) is 19.1. The van der Waals surface area contributed by atoms with E-state index >= 15 is 0 Å². The Morgan fingerprint density at radius 1 is 0.839 bits per heavy atom. The van der Waals surface area contributed by atoms with E-state index in [1.54, 1.807) is 31.1 Å². The summed E-state index contributed by atoms with van der Waals surface area (Å²) >= 11 is 0. The summed E-state index contributed by atoms with van der Waals surface area (Å²) in [6, 6.07) is 14.9. The number of methoxy groups -OCH3 is 2. The number of carbonyl (C=O) groups is 2. The summed E-state index contributed by atoms with van der Waals surface area (Å²) < 4.78 is 10.5. The van der Waals surface area contributed by atoms with Crippen LogP contribution in [0.1, 0.15) is 31.0 Å². The van der Waals surface area contributed by atoms with Gasteiger partial charge >= 0.3 is 0 Å². The predicted octanol–water partition coefficient (Wildman–Crippen LogP) is 2.71. The molecule has 0 heterocycles. The van der Waals surface area contributed by atoms with E-state index < -0.39 is 0 Å². The highest BCUT2D eigenvalue weighted by molar-refractivity contribution is 5.81. The Labute approximate surface area is 184 Å². The maximum Gasteiger partial charge on any atom is 0.236 e. The Morgan fingerprint density at radius 2 is 1.29 bits per heavy atom. The molecule has 0 aromatic heterocycles. The highest BCUT2D eigenvalue weighted by atomic mass is 16.5. The van der Waals surface area contributed by atoms with Crippen LogP contribution >= 0.6 is 0 Å². The number of amides is 2. The fourth-order valence-electron chi connectivity index (χ4n) is 3.37. The topological polar surface area (TPSA) is 71.1 Å². The van der Waals surface area contributed by atoms with E-state index in [-0.39, 0.29) is 30.9 Å². The molecule has 31 heavy (non-hydrogen) atoms. The summed E-state index contributed by atoms with van der Waals surface area (Å²) in [5.74, 6) is 1.35. The van der Waals surface area contributed by atoms with Crippen molar-refractivity contribution >= 4 is 11.8 Å². The minimum absolute atomic E-state index is 0.0159. The molecule has 0 saturated heterocycles. The van der Waals surface area contributed by atoms with Crippen molar-refractivity contribution in [2.75, 3.05) is 47.4 Å². The van der Waals surface area contributed by atoms with Crippen molar-refractivity contribution in [3.63, 3.8) is 0 Å². The van der Waals surface area contributed by atoms with E-state index in [0.717, 1.165) is 22.6 Å². The summed E-state index contributed by atoms with van der Waals surface area (Å²) in [6.45, 7) is 5.53. The Balaban J connectivity index is 2.14. The smallest absolute Gasteiger partial charge is 0.236 e. The lowest BCUT2D eigenvalue weighted by Gasteiger charge is -2.24. The van der Waals surface area contributed by atoms with Gasteiger partial charge in [-0.25, -0.2) is 0 Å². The van der Waals surface area contributed by atoms with E-state index in [2.05, 4.69) is 5.32 Å². The van der Waals surface area contributed by atoms with Crippen molar-refractivity contribution in [1.29, 1.82) is 0 Å². The van der Waals surface area contributed by atoms with Crippen LogP contribution in [0.25, 0.3) is 0 Å². The third-order valence-electron chi connectivity index (χ3n) is 5.14. The quantitative estimate of drug-likeness (QED) is 0.597. The highest BCUT2D eigenvalue weighted by Crippen LogP contribution is 2.26. The molecule has 0 aliphatic heterocycles. The normalized spacial score (nSPS) is 10.8. The predicted molar refractivity (Wildman–Crippen MR) is 121 cm³/mol. The number of nitrogens with zero attached hydrogens (tertiary/aromatic N) is 2. The molecule has 0 fully saturated rings. The van der Waals surface area contributed by atoms with Crippen LogP contribution in [-0.2, 0) is 9.59 Å². The third kappa shape index (κ3) is 7.00. The summed E-state index contributed by atoms with van der Waals surface area (Å²) in [5, 5.41) is 3.10. The van der Waals surface area contributed by atoms with Crippen LogP contribution in [0.3, 0.4) is 0 Å². The Bertz CT molecular complexity index is 785. The molecule has 0 radical (unpaired) electrons. The average Bonchev–Trinajstić information content (AvgIpc) is 2.78. The van der Waals surface area contributed by atoms with Crippen LogP contribution in [0.15, 0.2) is 48.5 Å². The maximum absolute atomic E-state index is 12.8. The van der Waals surface area contributed by atoms with Gasteiger partial charge in [-0.3, -0.25) is 14.5 Å². The molecule has 2 rings (SSSR count). The van der Waals surface area contributed by atoms with Gasteiger partial charge in [0.2, 0.25) is 11.8 Å². The molecule has 1 N–H and O–H groups in total. The van der Waals surface area contributed by atoms with Crippen molar-refractivity contribution in [3.8, 4) is 11.5 Å².